The van der Waals surface area contributed by atoms with Crippen molar-refractivity contribution in [3.8, 4) is 5.75 Å². The Morgan fingerprint density at radius 2 is 1.91 bits per heavy atom. The van der Waals surface area contributed by atoms with Crippen LogP contribution in [0.15, 0.2) is 61.2 Å². The number of aryl methyl sites for hydroxylation is 1. The van der Waals surface area contributed by atoms with E-state index in [1.807, 2.05) is 42.5 Å². The monoisotopic (exact) mass is 311 g/mol. The van der Waals surface area contributed by atoms with Crippen molar-refractivity contribution >= 4 is 5.69 Å². The van der Waals surface area contributed by atoms with Crippen molar-refractivity contribution in [3.05, 3.63) is 72.3 Å². The van der Waals surface area contributed by atoms with E-state index in [9.17, 15) is 5.11 Å². The zero-order valence-electron chi connectivity index (χ0n) is 13.7. The fourth-order valence-electron chi connectivity index (χ4n) is 2.31. The van der Waals surface area contributed by atoms with Crippen LogP contribution in [0.5, 0.6) is 5.75 Å². The molecular weight excluding hydrogens is 286 g/mol. The first kappa shape index (κ1) is 17.1. The predicted octanol–water partition coefficient (Wildman–Crippen LogP) is 3.83. The third kappa shape index (κ3) is 5.46. The van der Waals surface area contributed by atoms with Crippen LogP contribution in [-0.2, 0) is 12.8 Å². The van der Waals surface area contributed by atoms with E-state index in [2.05, 4.69) is 31.0 Å². The summed E-state index contributed by atoms with van der Waals surface area (Å²) in [6.45, 7) is 6.60. The minimum Gasteiger partial charge on any atom is -0.491 e. The van der Waals surface area contributed by atoms with E-state index in [1.165, 1.54) is 5.56 Å². The molecule has 1 unspecified atom stereocenters. The average Bonchev–Trinajstić information content (AvgIpc) is 2.60. The van der Waals surface area contributed by atoms with Crippen LogP contribution in [0, 0.1) is 0 Å². The molecule has 2 aromatic carbocycles. The van der Waals surface area contributed by atoms with Crippen molar-refractivity contribution in [1.82, 2.24) is 0 Å². The summed E-state index contributed by atoms with van der Waals surface area (Å²) in [4.78, 5) is 0. The van der Waals surface area contributed by atoms with Gasteiger partial charge in [-0.25, -0.2) is 0 Å². The number of nitrogens with one attached hydrogen (secondary N) is 1. The molecule has 3 nitrogen and oxygen atoms in total. The topological polar surface area (TPSA) is 41.5 Å². The van der Waals surface area contributed by atoms with Gasteiger partial charge in [0.05, 0.1) is 0 Å². The molecule has 0 amide bonds. The highest BCUT2D eigenvalue weighted by Gasteiger charge is 2.07. The van der Waals surface area contributed by atoms with Crippen molar-refractivity contribution in [2.75, 3.05) is 18.5 Å². The molecule has 2 aromatic rings. The quantitative estimate of drug-likeness (QED) is 0.692. The van der Waals surface area contributed by atoms with E-state index in [0.29, 0.717) is 6.54 Å². The predicted molar refractivity (Wildman–Crippen MR) is 96.2 cm³/mol. The van der Waals surface area contributed by atoms with Gasteiger partial charge in [0, 0.05) is 12.2 Å². The highest BCUT2D eigenvalue weighted by atomic mass is 16.5. The molecule has 23 heavy (non-hydrogen) atoms. The van der Waals surface area contributed by atoms with Gasteiger partial charge in [-0.15, -0.1) is 6.58 Å². The molecule has 2 rings (SSSR count). The van der Waals surface area contributed by atoms with Gasteiger partial charge in [-0.2, -0.15) is 0 Å². The number of benzene rings is 2. The van der Waals surface area contributed by atoms with E-state index in [-0.39, 0.29) is 6.61 Å². The number of para-hydroxylation sites is 1. The van der Waals surface area contributed by atoms with E-state index in [4.69, 9.17) is 4.74 Å². The largest absolute Gasteiger partial charge is 0.491 e. The first-order chi connectivity index (χ1) is 11.2. The lowest BCUT2D eigenvalue weighted by Gasteiger charge is -2.16. The molecule has 0 saturated heterocycles. The smallest absolute Gasteiger partial charge is 0.122 e. The number of aliphatic hydroxyl groups is 1. The van der Waals surface area contributed by atoms with Crippen molar-refractivity contribution in [3.63, 3.8) is 0 Å². The van der Waals surface area contributed by atoms with Gasteiger partial charge < -0.3 is 15.2 Å². The van der Waals surface area contributed by atoms with Crippen molar-refractivity contribution in [2.24, 2.45) is 0 Å². The summed E-state index contributed by atoms with van der Waals surface area (Å²) in [5.41, 5.74) is 3.39. The van der Waals surface area contributed by atoms with E-state index >= 15 is 0 Å². The Bertz CT molecular complexity index is 607. The number of hydrogen-bond acceptors (Lipinski definition) is 3. The third-order valence-corrected chi connectivity index (χ3v) is 3.67. The fraction of sp³-hybridized carbons (Fsp3) is 0.300. The van der Waals surface area contributed by atoms with Crippen molar-refractivity contribution < 1.29 is 9.84 Å². The molecule has 0 saturated carbocycles. The molecule has 3 heteroatoms. The van der Waals surface area contributed by atoms with Gasteiger partial charge in [0.15, 0.2) is 0 Å². The molecule has 0 radical (unpaired) electrons. The molecule has 2 N–H and O–H groups in total. The molecule has 0 fully saturated rings. The van der Waals surface area contributed by atoms with Crippen LogP contribution in [0.2, 0.25) is 0 Å². The SMILES string of the molecule is C=CCc1ccccc1OCC(O)CNc1ccc(CC)cc1. The zero-order chi connectivity index (χ0) is 16.5. The van der Waals surface area contributed by atoms with Crippen LogP contribution < -0.4 is 10.1 Å². The van der Waals surface area contributed by atoms with Crippen LogP contribution in [0.3, 0.4) is 0 Å². The number of allylic oxidation sites excluding steroid dienone is 1. The Morgan fingerprint density at radius 1 is 1.17 bits per heavy atom. The molecule has 0 bridgehead atoms. The maximum absolute atomic E-state index is 10.1. The summed E-state index contributed by atoms with van der Waals surface area (Å²) in [5.74, 6) is 0.804. The Hall–Kier alpha value is -2.26. The molecule has 1 atom stereocenters. The van der Waals surface area contributed by atoms with Gasteiger partial charge in [0.1, 0.15) is 18.5 Å². The first-order valence-corrected chi connectivity index (χ1v) is 8.05. The van der Waals surface area contributed by atoms with Crippen LogP contribution in [-0.4, -0.2) is 24.4 Å². The van der Waals surface area contributed by atoms with Crippen molar-refractivity contribution in [2.45, 2.75) is 25.9 Å². The summed E-state index contributed by atoms with van der Waals surface area (Å²) in [5, 5.41) is 13.3. The van der Waals surface area contributed by atoms with Gasteiger partial charge >= 0.3 is 0 Å². The molecule has 0 aliphatic heterocycles. The summed E-state index contributed by atoms with van der Waals surface area (Å²) in [6, 6.07) is 16.1. The minimum atomic E-state index is -0.572. The number of ether oxygens (including phenoxy) is 1. The number of rotatable bonds is 9. The Labute approximate surface area is 138 Å². The highest BCUT2D eigenvalue weighted by Crippen LogP contribution is 2.19. The normalized spacial score (nSPS) is 11.7. The Kier molecular flexibility index (Phi) is 6.70. The number of hydrogen-bond donors (Lipinski definition) is 2. The maximum Gasteiger partial charge on any atom is 0.122 e. The summed E-state index contributed by atoms with van der Waals surface area (Å²) in [7, 11) is 0. The highest BCUT2D eigenvalue weighted by molar-refractivity contribution is 5.44. The Morgan fingerprint density at radius 3 is 2.61 bits per heavy atom. The maximum atomic E-state index is 10.1. The molecule has 0 spiro atoms. The van der Waals surface area contributed by atoms with E-state index in [1.54, 1.807) is 0 Å². The van der Waals surface area contributed by atoms with Crippen LogP contribution in [0.25, 0.3) is 0 Å². The average molecular weight is 311 g/mol. The molecule has 0 heterocycles. The van der Waals surface area contributed by atoms with Crippen LogP contribution >= 0.6 is 0 Å². The van der Waals surface area contributed by atoms with Gasteiger partial charge in [0.2, 0.25) is 0 Å². The first-order valence-electron chi connectivity index (χ1n) is 8.05. The lowest BCUT2D eigenvalue weighted by molar-refractivity contribution is 0.117. The standard InChI is InChI=1S/C20H25NO2/c1-3-7-17-8-5-6-9-20(17)23-15-19(22)14-21-18-12-10-16(4-2)11-13-18/h3,5-6,8-13,19,21-22H,1,4,7,14-15H2,2H3. The van der Waals surface area contributed by atoms with Gasteiger partial charge in [-0.3, -0.25) is 0 Å². The summed E-state index contributed by atoms with van der Waals surface area (Å²) >= 11 is 0. The van der Waals surface area contributed by atoms with Gasteiger partial charge in [0.25, 0.3) is 0 Å². The van der Waals surface area contributed by atoms with E-state index < -0.39 is 6.10 Å². The second kappa shape index (κ2) is 9.01. The molecule has 0 aliphatic carbocycles. The van der Waals surface area contributed by atoms with E-state index in [0.717, 1.165) is 29.8 Å². The van der Waals surface area contributed by atoms with Crippen molar-refractivity contribution in [1.29, 1.82) is 0 Å². The molecule has 122 valence electrons. The van der Waals surface area contributed by atoms with Gasteiger partial charge in [-0.05, 0) is 42.2 Å². The fourth-order valence-corrected chi connectivity index (χ4v) is 2.31. The van der Waals surface area contributed by atoms with Crippen LogP contribution in [0.4, 0.5) is 5.69 Å². The molecule has 0 aromatic heterocycles. The number of aliphatic hydroxyl groups excluding tert-OH is 1. The third-order valence-electron chi connectivity index (χ3n) is 3.67. The Balaban J connectivity index is 1.80. The number of anilines is 1. The summed E-state index contributed by atoms with van der Waals surface area (Å²) < 4.78 is 5.74. The molecule has 0 aliphatic rings. The lowest BCUT2D eigenvalue weighted by atomic mass is 10.1. The van der Waals surface area contributed by atoms with Crippen LogP contribution in [0.1, 0.15) is 18.1 Å². The lowest BCUT2D eigenvalue weighted by Crippen LogP contribution is -2.26. The second-order valence-corrected chi connectivity index (χ2v) is 5.50. The zero-order valence-corrected chi connectivity index (χ0v) is 13.7. The minimum absolute atomic E-state index is 0.258. The van der Waals surface area contributed by atoms with Gasteiger partial charge in [-0.1, -0.05) is 43.3 Å². The molecular formula is C20H25NO2. The summed E-state index contributed by atoms with van der Waals surface area (Å²) in [6.07, 6.45) is 3.06. The second-order valence-electron chi connectivity index (χ2n) is 5.50.